The maximum Gasteiger partial charge on any atom is 0.406 e. The molecule has 0 aliphatic carbocycles. The highest BCUT2D eigenvalue weighted by Crippen LogP contribution is 2.20. The Morgan fingerprint density at radius 3 is 3.00 bits per heavy atom. The number of aromatic amines is 1. The van der Waals surface area contributed by atoms with Gasteiger partial charge in [0, 0.05) is 19.3 Å². The minimum Gasteiger partial charge on any atom is -0.364 e. The normalized spacial score (nSPS) is 10.6. The lowest BCUT2D eigenvalue weighted by Gasteiger charge is -2.05. The Morgan fingerprint density at radius 2 is 2.37 bits per heavy atom. The minimum atomic E-state index is -0.484. The molecule has 0 saturated carbocycles. The lowest BCUT2D eigenvalue weighted by Crippen LogP contribution is -2.08. The Bertz CT molecular complexity index is 574. The molecule has 0 unspecified atom stereocenters. The fraction of sp³-hybridized carbons (Fsp3) is 0.455. The Balaban J connectivity index is 1.88. The third kappa shape index (κ3) is 2.90. The summed E-state index contributed by atoms with van der Waals surface area (Å²) in [6, 6.07) is 0. The van der Waals surface area contributed by atoms with Gasteiger partial charge in [-0.3, -0.25) is 9.67 Å². The summed E-state index contributed by atoms with van der Waals surface area (Å²) in [4.78, 5) is 14.0. The molecule has 0 amide bonds. The van der Waals surface area contributed by atoms with Gasteiger partial charge in [-0.2, -0.15) is 5.10 Å². The summed E-state index contributed by atoms with van der Waals surface area (Å²) in [6.45, 7) is 2.62. The standard InChI is InChI=1S/C11H16N6O2/c1-8-9(6-14-15-8)4-3-5-12-10-11(17(18)19)13-7-16(10)2/h6-7,12H,3-5H2,1-2H3,(H,14,15). The maximum absolute atomic E-state index is 10.8. The predicted octanol–water partition coefficient (Wildman–Crippen LogP) is 1.40. The first-order chi connectivity index (χ1) is 9.09. The first-order valence-electron chi connectivity index (χ1n) is 5.98. The zero-order valence-electron chi connectivity index (χ0n) is 10.9. The molecule has 2 aromatic heterocycles. The molecule has 0 atom stereocenters. The molecule has 2 N–H and O–H groups in total. The number of rotatable bonds is 6. The van der Waals surface area contributed by atoms with Crippen LogP contribution in [0.4, 0.5) is 11.6 Å². The highest BCUT2D eigenvalue weighted by atomic mass is 16.6. The summed E-state index contributed by atoms with van der Waals surface area (Å²) in [5.41, 5.74) is 2.23. The number of nitrogens with one attached hydrogen (secondary N) is 2. The van der Waals surface area contributed by atoms with Crippen LogP contribution in [0.25, 0.3) is 0 Å². The van der Waals surface area contributed by atoms with E-state index in [2.05, 4.69) is 20.5 Å². The van der Waals surface area contributed by atoms with Crippen LogP contribution in [-0.4, -0.2) is 31.2 Å². The number of aryl methyl sites for hydroxylation is 3. The highest BCUT2D eigenvalue weighted by Gasteiger charge is 2.19. The molecule has 0 spiro atoms. The largest absolute Gasteiger partial charge is 0.406 e. The number of hydrogen-bond donors (Lipinski definition) is 2. The Labute approximate surface area is 110 Å². The monoisotopic (exact) mass is 264 g/mol. The van der Waals surface area contributed by atoms with Crippen molar-refractivity contribution < 1.29 is 4.92 Å². The molecule has 2 rings (SSSR count). The lowest BCUT2D eigenvalue weighted by atomic mass is 10.1. The molecule has 102 valence electrons. The number of aromatic nitrogens is 4. The van der Waals surface area contributed by atoms with Crippen LogP contribution >= 0.6 is 0 Å². The maximum atomic E-state index is 10.8. The Hall–Kier alpha value is -2.38. The van der Waals surface area contributed by atoms with Crippen molar-refractivity contribution in [1.82, 2.24) is 19.7 Å². The van der Waals surface area contributed by atoms with Crippen LogP contribution in [0.5, 0.6) is 0 Å². The molecule has 8 nitrogen and oxygen atoms in total. The van der Waals surface area contributed by atoms with Crippen LogP contribution in [-0.2, 0) is 13.5 Å². The molecule has 0 saturated heterocycles. The second-order valence-corrected chi connectivity index (χ2v) is 4.34. The summed E-state index contributed by atoms with van der Waals surface area (Å²) < 4.78 is 1.61. The van der Waals surface area contributed by atoms with E-state index in [0.717, 1.165) is 18.5 Å². The average molecular weight is 264 g/mol. The van der Waals surface area contributed by atoms with E-state index >= 15 is 0 Å². The van der Waals surface area contributed by atoms with Gasteiger partial charge in [0.15, 0.2) is 0 Å². The van der Waals surface area contributed by atoms with Gasteiger partial charge in [0.1, 0.15) is 0 Å². The van der Waals surface area contributed by atoms with E-state index in [1.165, 1.54) is 11.9 Å². The van der Waals surface area contributed by atoms with Crippen LogP contribution in [0.1, 0.15) is 17.7 Å². The average Bonchev–Trinajstić information content (AvgIpc) is 2.92. The molecular formula is C11H16N6O2. The van der Waals surface area contributed by atoms with E-state index < -0.39 is 4.92 Å². The molecule has 0 aliphatic heterocycles. The quantitative estimate of drug-likeness (QED) is 0.466. The topological polar surface area (TPSA) is 102 Å². The van der Waals surface area contributed by atoms with E-state index in [9.17, 15) is 10.1 Å². The van der Waals surface area contributed by atoms with E-state index in [1.807, 2.05) is 13.1 Å². The molecule has 2 heterocycles. The molecule has 0 aliphatic rings. The van der Waals surface area contributed by atoms with E-state index in [1.54, 1.807) is 11.6 Å². The first-order valence-corrected chi connectivity index (χ1v) is 5.98. The summed E-state index contributed by atoms with van der Waals surface area (Å²) in [6.07, 6.45) is 4.98. The van der Waals surface area contributed by atoms with Gasteiger partial charge in [-0.05, 0) is 35.2 Å². The van der Waals surface area contributed by atoms with Gasteiger partial charge >= 0.3 is 5.82 Å². The van der Waals surface area contributed by atoms with Gasteiger partial charge < -0.3 is 15.4 Å². The highest BCUT2D eigenvalue weighted by molar-refractivity contribution is 5.51. The van der Waals surface area contributed by atoms with Crippen LogP contribution in [0.2, 0.25) is 0 Å². The minimum absolute atomic E-state index is 0.137. The van der Waals surface area contributed by atoms with Crippen LogP contribution in [0, 0.1) is 17.0 Å². The molecule has 0 fully saturated rings. The van der Waals surface area contributed by atoms with Gasteiger partial charge in [-0.1, -0.05) is 0 Å². The third-order valence-electron chi connectivity index (χ3n) is 2.94. The van der Waals surface area contributed by atoms with Crippen LogP contribution in [0.3, 0.4) is 0 Å². The summed E-state index contributed by atoms with van der Waals surface area (Å²) in [5, 5.41) is 20.7. The second-order valence-electron chi connectivity index (χ2n) is 4.34. The summed E-state index contributed by atoms with van der Waals surface area (Å²) in [5.74, 6) is 0.302. The first kappa shape index (κ1) is 13.1. The number of H-pyrrole nitrogens is 1. The zero-order valence-corrected chi connectivity index (χ0v) is 10.9. The van der Waals surface area contributed by atoms with Gasteiger partial charge in [0.05, 0.1) is 6.20 Å². The third-order valence-corrected chi connectivity index (χ3v) is 2.94. The van der Waals surface area contributed by atoms with Gasteiger partial charge in [-0.15, -0.1) is 0 Å². The molecule has 0 aromatic carbocycles. The van der Waals surface area contributed by atoms with Crippen molar-refractivity contribution in [1.29, 1.82) is 0 Å². The van der Waals surface area contributed by atoms with E-state index in [-0.39, 0.29) is 5.82 Å². The smallest absolute Gasteiger partial charge is 0.364 e. The van der Waals surface area contributed by atoms with Gasteiger partial charge in [0.2, 0.25) is 12.1 Å². The van der Waals surface area contributed by atoms with E-state index in [0.29, 0.717) is 12.4 Å². The van der Waals surface area contributed by atoms with Crippen LogP contribution < -0.4 is 5.32 Å². The van der Waals surface area contributed by atoms with Crippen molar-refractivity contribution in [3.8, 4) is 0 Å². The lowest BCUT2D eigenvalue weighted by molar-refractivity contribution is -0.388. The number of nitro groups is 1. The number of hydrogen-bond acceptors (Lipinski definition) is 5. The zero-order chi connectivity index (χ0) is 13.8. The predicted molar refractivity (Wildman–Crippen MR) is 70.0 cm³/mol. The molecule has 19 heavy (non-hydrogen) atoms. The number of anilines is 1. The fourth-order valence-electron chi connectivity index (χ4n) is 1.87. The van der Waals surface area contributed by atoms with Crippen molar-refractivity contribution >= 4 is 11.6 Å². The van der Waals surface area contributed by atoms with Gasteiger partial charge in [0.25, 0.3) is 0 Å². The van der Waals surface area contributed by atoms with Crippen molar-refractivity contribution in [3.63, 3.8) is 0 Å². The van der Waals surface area contributed by atoms with Crippen molar-refractivity contribution in [2.45, 2.75) is 19.8 Å². The van der Waals surface area contributed by atoms with Crippen molar-refractivity contribution in [3.05, 3.63) is 33.9 Å². The molecule has 0 bridgehead atoms. The SMILES string of the molecule is Cc1[nH]ncc1CCCNc1c([N+](=O)[O-])ncn1C. The molecular weight excluding hydrogens is 248 g/mol. The summed E-state index contributed by atoms with van der Waals surface area (Å²) in [7, 11) is 1.72. The molecule has 8 heteroatoms. The number of imidazole rings is 1. The Kier molecular flexibility index (Phi) is 3.79. The van der Waals surface area contributed by atoms with Crippen molar-refractivity contribution in [2.24, 2.45) is 7.05 Å². The van der Waals surface area contributed by atoms with E-state index in [4.69, 9.17) is 0 Å². The molecule has 0 radical (unpaired) electrons. The fourth-order valence-corrected chi connectivity index (χ4v) is 1.87. The van der Waals surface area contributed by atoms with Crippen molar-refractivity contribution in [2.75, 3.05) is 11.9 Å². The van der Waals surface area contributed by atoms with Gasteiger partial charge in [-0.25, -0.2) is 0 Å². The second kappa shape index (κ2) is 5.51. The number of nitrogens with zero attached hydrogens (tertiary/aromatic N) is 4. The summed E-state index contributed by atoms with van der Waals surface area (Å²) >= 11 is 0. The Morgan fingerprint density at radius 1 is 1.58 bits per heavy atom. The van der Waals surface area contributed by atoms with Crippen LogP contribution in [0.15, 0.2) is 12.5 Å². The molecule has 2 aromatic rings.